The van der Waals surface area contributed by atoms with Gasteiger partial charge in [-0.2, -0.15) is 0 Å². The Bertz CT molecular complexity index is 452. The summed E-state index contributed by atoms with van der Waals surface area (Å²) in [5.41, 5.74) is 0. The summed E-state index contributed by atoms with van der Waals surface area (Å²) < 4.78 is 48.7. The van der Waals surface area contributed by atoms with Gasteiger partial charge in [0.15, 0.2) is 9.84 Å². The normalized spacial score (nSPS) is 30.1. The fourth-order valence-corrected chi connectivity index (χ4v) is 4.68. The van der Waals surface area contributed by atoms with Gasteiger partial charge >= 0.3 is 0 Å². The molecule has 0 aromatic carbocycles. The molecule has 1 saturated heterocycles. The largest absolute Gasteiger partial charge is 0.314 e. The summed E-state index contributed by atoms with van der Waals surface area (Å²) in [6.07, 6.45) is 1.37. The molecule has 0 radical (unpaired) electrons. The van der Waals surface area contributed by atoms with E-state index in [2.05, 4.69) is 10.0 Å². The molecule has 0 amide bonds. The standard InChI is InChI=1S/C8H16N2O4S2/c11-15(12)4-3-9-5-8(15)6-10-16(13,14)7-1-2-7/h7-10H,1-6H2. The summed E-state index contributed by atoms with van der Waals surface area (Å²) in [6.45, 7) is 0.776. The lowest BCUT2D eigenvalue weighted by atomic mass is 10.4. The van der Waals surface area contributed by atoms with Crippen molar-refractivity contribution in [3.05, 3.63) is 0 Å². The third-order valence-electron chi connectivity index (χ3n) is 2.92. The molecule has 8 heteroatoms. The predicted molar refractivity (Wildman–Crippen MR) is 60.4 cm³/mol. The molecule has 2 aliphatic rings. The predicted octanol–water partition coefficient (Wildman–Crippen LogP) is -1.55. The van der Waals surface area contributed by atoms with Crippen molar-refractivity contribution in [1.82, 2.24) is 10.0 Å². The fourth-order valence-electron chi connectivity index (χ4n) is 1.68. The number of nitrogens with one attached hydrogen (secondary N) is 2. The van der Waals surface area contributed by atoms with Gasteiger partial charge in [0, 0.05) is 19.6 Å². The average Bonchev–Trinajstić information content (AvgIpc) is 2.98. The first-order valence-electron chi connectivity index (χ1n) is 5.32. The molecule has 0 spiro atoms. The van der Waals surface area contributed by atoms with Gasteiger partial charge in [0.05, 0.1) is 16.3 Å². The third-order valence-corrected chi connectivity index (χ3v) is 6.96. The van der Waals surface area contributed by atoms with E-state index >= 15 is 0 Å². The van der Waals surface area contributed by atoms with Crippen molar-refractivity contribution in [3.8, 4) is 0 Å². The van der Waals surface area contributed by atoms with E-state index in [9.17, 15) is 16.8 Å². The minimum Gasteiger partial charge on any atom is -0.314 e. The summed E-state index contributed by atoms with van der Waals surface area (Å²) >= 11 is 0. The number of hydrogen-bond donors (Lipinski definition) is 2. The number of hydrogen-bond acceptors (Lipinski definition) is 5. The van der Waals surface area contributed by atoms with Gasteiger partial charge in [0.2, 0.25) is 10.0 Å². The molecule has 0 aromatic rings. The Balaban J connectivity index is 1.94. The Morgan fingerprint density at radius 3 is 2.56 bits per heavy atom. The second-order valence-corrected chi connectivity index (χ2v) is 8.73. The molecule has 1 heterocycles. The summed E-state index contributed by atoms with van der Waals surface area (Å²) in [4.78, 5) is 0. The van der Waals surface area contributed by atoms with Gasteiger partial charge in [-0.1, -0.05) is 0 Å². The van der Waals surface area contributed by atoms with Crippen LogP contribution < -0.4 is 10.0 Å². The molecule has 2 N–H and O–H groups in total. The SMILES string of the molecule is O=S1(=O)CCNCC1CNS(=O)(=O)C1CC1. The maximum atomic E-state index is 11.6. The molecule has 2 rings (SSSR count). The first-order chi connectivity index (χ1) is 7.42. The van der Waals surface area contributed by atoms with E-state index in [-0.39, 0.29) is 17.5 Å². The van der Waals surface area contributed by atoms with Crippen LogP contribution in [0.5, 0.6) is 0 Å². The Morgan fingerprint density at radius 1 is 1.31 bits per heavy atom. The average molecular weight is 268 g/mol. The molecule has 94 valence electrons. The zero-order chi connectivity index (χ0) is 11.8. The summed E-state index contributed by atoms with van der Waals surface area (Å²) in [6, 6.07) is 0. The van der Waals surface area contributed by atoms with Crippen LogP contribution in [0.4, 0.5) is 0 Å². The lowest BCUT2D eigenvalue weighted by molar-refractivity contribution is 0.536. The smallest absolute Gasteiger partial charge is 0.214 e. The van der Waals surface area contributed by atoms with Crippen LogP contribution in [-0.2, 0) is 19.9 Å². The minimum atomic E-state index is -3.28. The molecular weight excluding hydrogens is 252 g/mol. The zero-order valence-corrected chi connectivity index (χ0v) is 10.5. The van der Waals surface area contributed by atoms with Crippen LogP contribution in [0.2, 0.25) is 0 Å². The highest BCUT2D eigenvalue weighted by Gasteiger charge is 2.37. The molecular formula is C8H16N2O4S2. The Labute approximate surface area is 95.8 Å². The van der Waals surface area contributed by atoms with E-state index in [0.717, 1.165) is 0 Å². The van der Waals surface area contributed by atoms with Crippen molar-refractivity contribution in [2.24, 2.45) is 0 Å². The van der Waals surface area contributed by atoms with E-state index in [4.69, 9.17) is 0 Å². The van der Waals surface area contributed by atoms with Gasteiger partial charge < -0.3 is 5.32 Å². The quantitative estimate of drug-likeness (QED) is 0.644. The maximum Gasteiger partial charge on any atom is 0.214 e. The highest BCUT2D eigenvalue weighted by Crippen LogP contribution is 2.27. The van der Waals surface area contributed by atoms with Crippen molar-refractivity contribution in [2.75, 3.05) is 25.4 Å². The Morgan fingerprint density at radius 2 is 2.00 bits per heavy atom. The molecule has 1 atom stereocenters. The lowest BCUT2D eigenvalue weighted by Gasteiger charge is -2.23. The van der Waals surface area contributed by atoms with Crippen LogP contribution in [-0.4, -0.2) is 52.7 Å². The van der Waals surface area contributed by atoms with E-state index < -0.39 is 25.1 Å². The highest BCUT2D eigenvalue weighted by atomic mass is 32.2. The van der Waals surface area contributed by atoms with E-state index in [1.165, 1.54) is 0 Å². The molecule has 1 aliphatic heterocycles. The zero-order valence-electron chi connectivity index (χ0n) is 8.85. The van der Waals surface area contributed by atoms with Crippen LogP contribution >= 0.6 is 0 Å². The van der Waals surface area contributed by atoms with Crippen molar-refractivity contribution in [2.45, 2.75) is 23.3 Å². The van der Waals surface area contributed by atoms with E-state index in [1.807, 2.05) is 0 Å². The monoisotopic (exact) mass is 268 g/mol. The molecule has 1 unspecified atom stereocenters. The highest BCUT2D eigenvalue weighted by molar-refractivity contribution is 7.92. The first-order valence-corrected chi connectivity index (χ1v) is 8.59. The van der Waals surface area contributed by atoms with Gasteiger partial charge in [-0.05, 0) is 12.8 Å². The molecule has 1 saturated carbocycles. The fraction of sp³-hybridized carbons (Fsp3) is 1.00. The summed E-state index contributed by atoms with van der Waals surface area (Å²) in [5, 5.41) is 2.03. The second kappa shape index (κ2) is 4.25. The lowest BCUT2D eigenvalue weighted by Crippen LogP contribution is -2.49. The number of rotatable bonds is 4. The van der Waals surface area contributed by atoms with Gasteiger partial charge in [0.1, 0.15) is 0 Å². The summed E-state index contributed by atoms with van der Waals surface area (Å²) in [7, 11) is -6.42. The topological polar surface area (TPSA) is 92.3 Å². The maximum absolute atomic E-state index is 11.6. The van der Waals surface area contributed by atoms with Gasteiger partial charge in [-0.25, -0.2) is 21.6 Å². The van der Waals surface area contributed by atoms with Crippen LogP contribution in [0, 0.1) is 0 Å². The van der Waals surface area contributed by atoms with Crippen molar-refractivity contribution in [3.63, 3.8) is 0 Å². The van der Waals surface area contributed by atoms with Gasteiger partial charge in [-0.3, -0.25) is 0 Å². The molecule has 1 aliphatic carbocycles. The number of sulfone groups is 1. The molecule has 2 fully saturated rings. The molecule has 6 nitrogen and oxygen atoms in total. The van der Waals surface area contributed by atoms with Crippen LogP contribution in [0.1, 0.15) is 12.8 Å². The van der Waals surface area contributed by atoms with Gasteiger partial charge in [0.25, 0.3) is 0 Å². The van der Waals surface area contributed by atoms with Crippen molar-refractivity contribution >= 4 is 19.9 Å². The minimum absolute atomic E-state index is 0.00579. The van der Waals surface area contributed by atoms with E-state index in [0.29, 0.717) is 25.9 Å². The van der Waals surface area contributed by atoms with Crippen LogP contribution in [0.15, 0.2) is 0 Å². The van der Waals surface area contributed by atoms with E-state index in [1.54, 1.807) is 0 Å². The van der Waals surface area contributed by atoms with Crippen LogP contribution in [0.3, 0.4) is 0 Å². The second-order valence-electron chi connectivity index (χ2n) is 4.29. The molecule has 16 heavy (non-hydrogen) atoms. The number of sulfonamides is 1. The third kappa shape index (κ3) is 2.73. The van der Waals surface area contributed by atoms with Crippen LogP contribution in [0.25, 0.3) is 0 Å². The summed E-state index contributed by atoms with van der Waals surface area (Å²) in [5.74, 6) is 0.0861. The van der Waals surface area contributed by atoms with Crippen molar-refractivity contribution < 1.29 is 16.8 Å². The Kier molecular flexibility index (Phi) is 3.26. The Hall–Kier alpha value is -0.180. The first kappa shape index (κ1) is 12.3. The molecule has 0 bridgehead atoms. The van der Waals surface area contributed by atoms with Gasteiger partial charge in [-0.15, -0.1) is 0 Å². The molecule has 0 aromatic heterocycles. The van der Waals surface area contributed by atoms with Crippen molar-refractivity contribution in [1.29, 1.82) is 0 Å².